The van der Waals surface area contributed by atoms with Crippen molar-refractivity contribution in [3.05, 3.63) is 100 Å². The van der Waals surface area contributed by atoms with Gasteiger partial charge in [-0.2, -0.15) is 0 Å². The molecule has 2 atom stereocenters. The van der Waals surface area contributed by atoms with E-state index in [4.69, 9.17) is 11.6 Å². The highest BCUT2D eigenvalue weighted by molar-refractivity contribution is 6.31. The summed E-state index contributed by atoms with van der Waals surface area (Å²) in [6.45, 7) is 0.748. The van der Waals surface area contributed by atoms with Gasteiger partial charge in [-0.3, -0.25) is 0 Å². The van der Waals surface area contributed by atoms with Gasteiger partial charge in [-0.25, -0.2) is 0 Å². The summed E-state index contributed by atoms with van der Waals surface area (Å²) in [5, 5.41) is 16.0. The zero-order valence-electron chi connectivity index (χ0n) is 14.6. The van der Waals surface area contributed by atoms with Crippen LogP contribution in [0.3, 0.4) is 0 Å². The number of aromatic nitrogens is 1. The summed E-state index contributed by atoms with van der Waals surface area (Å²) in [4.78, 5) is 3.59. The molecule has 3 N–H and O–H groups in total. The van der Waals surface area contributed by atoms with Gasteiger partial charge in [-0.1, -0.05) is 66.2 Å². The number of aromatic amines is 1. The van der Waals surface area contributed by atoms with Crippen molar-refractivity contribution in [2.45, 2.75) is 12.0 Å². The lowest BCUT2D eigenvalue weighted by Gasteiger charge is -2.32. The summed E-state index contributed by atoms with van der Waals surface area (Å²) in [5.74, 6) is 0.447. The lowest BCUT2D eigenvalue weighted by Crippen LogP contribution is -2.34. The zero-order chi connectivity index (χ0) is 18.4. The third-order valence-electron chi connectivity index (χ3n) is 5.47. The van der Waals surface area contributed by atoms with Gasteiger partial charge in [-0.05, 0) is 29.3 Å². The van der Waals surface area contributed by atoms with E-state index in [1.165, 1.54) is 10.9 Å². The number of hydrogen-bond acceptors (Lipinski definition) is 2. The normalized spacial score (nSPS) is 19.1. The molecule has 0 unspecified atom stereocenters. The Morgan fingerprint density at radius 2 is 1.56 bits per heavy atom. The molecule has 0 saturated carbocycles. The van der Waals surface area contributed by atoms with Gasteiger partial charge in [-0.15, -0.1) is 0 Å². The molecule has 0 saturated heterocycles. The van der Waals surface area contributed by atoms with Gasteiger partial charge in [0.25, 0.3) is 0 Å². The van der Waals surface area contributed by atoms with Gasteiger partial charge < -0.3 is 15.4 Å². The topological polar surface area (TPSA) is 48.0 Å². The predicted octanol–water partition coefficient (Wildman–Crippen LogP) is 5.35. The molecular formula is C23H19ClN2O. The summed E-state index contributed by atoms with van der Waals surface area (Å²) in [5.41, 5.74) is 5.44. The van der Waals surface area contributed by atoms with Crippen LogP contribution in [-0.4, -0.2) is 16.6 Å². The maximum Gasteiger partial charge on any atom is 0.120 e. The molecule has 0 fully saturated rings. The van der Waals surface area contributed by atoms with Crippen LogP contribution in [0.15, 0.2) is 72.8 Å². The first-order valence-electron chi connectivity index (χ1n) is 9.10. The van der Waals surface area contributed by atoms with Crippen molar-refractivity contribution in [2.75, 3.05) is 6.54 Å². The average Bonchev–Trinajstić information content (AvgIpc) is 3.08. The predicted molar refractivity (Wildman–Crippen MR) is 110 cm³/mol. The number of para-hydroxylation sites is 2. The molecule has 0 spiro atoms. The number of fused-ring (bicyclic) bond motifs is 3. The highest BCUT2D eigenvalue weighted by Gasteiger charge is 2.33. The molecule has 3 nitrogen and oxygen atoms in total. The van der Waals surface area contributed by atoms with Crippen molar-refractivity contribution >= 4 is 22.5 Å². The summed E-state index contributed by atoms with van der Waals surface area (Å²) < 4.78 is 0. The van der Waals surface area contributed by atoms with Gasteiger partial charge in [0.05, 0.1) is 6.04 Å². The molecular weight excluding hydrogens is 356 g/mol. The molecule has 4 aromatic rings. The van der Waals surface area contributed by atoms with Crippen LogP contribution in [0.2, 0.25) is 5.02 Å². The number of phenolic OH excluding ortho intramolecular Hbond substituents is 1. The van der Waals surface area contributed by atoms with Crippen molar-refractivity contribution in [1.29, 1.82) is 0 Å². The second kappa shape index (κ2) is 6.45. The van der Waals surface area contributed by atoms with Crippen LogP contribution in [0, 0.1) is 0 Å². The standard InChI is InChI=1S/C23H19ClN2O/c24-18-10-4-1-7-14(18)17-13-25-22(16-9-3-6-12-20(16)27)23-21(17)15-8-2-5-11-19(15)26-23/h1-12,17,22,25-27H,13H2/t17-,22+/m0/s1. The van der Waals surface area contributed by atoms with Crippen molar-refractivity contribution < 1.29 is 5.11 Å². The minimum absolute atomic E-state index is 0.0904. The third kappa shape index (κ3) is 2.62. The number of phenols is 1. The lowest BCUT2D eigenvalue weighted by atomic mass is 9.83. The van der Waals surface area contributed by atoms with Gasteiger partial charge in [0.2, 0.25) is 0 Å². The molecule has 1 aromatic heterocycles. The molecule has 3 aromatic carbocycles. The van der Waals surface area contributed by atoms with E-state index in [0.717, 1.165) is 33.9 Å². The maximum absolute atomic E-state index is 10.4. The molecule has 134 valence electrons. The summed E-state index contributed by atoms with van der Waals surface area (Å²) >= 11 is 6.54. The quantitative estimate of drug-likeness (QED) is 0.443. The average molecular weight is 375 g/mol. The molecule has 1 aliphatic rings. The van der Waals surface area contributed by atoms with E-state index >= 15 is 0 Å². The number of H-pyrrole nitrogens is 1. The molecule has 0 amide bonds. The zero-order valence-corrected chi connectivity index (χ0v) is 15.4. The van der Waals surface area contributed by atoms with Gasteiger partial charge in [0.1, 0.15) is 5.75 Å². The van der Waals surface area contributed by atoms with Crippen LogP contribution in [0.4, 0.5) is 0 Å². The van der Waals surface area contributed by atoms with Crippen LogP contribution in [0.5, 0.6) is 5.75 Å². The molecule has 2 heterocycles. The summed E-state index contributed by atoms with van der Waals surface area (Å²) in [6.07, 6.45) is 0. The Kier molecular flexibility index (Phi) is 3.92. The Morgan fingerprint density at radius 1 is 0.852 bits per heavy atom. The third-order valence-corrected chi connectivity index (χ3v) is 5.81. The van der Waals surface area contributed by atoms with E-state index in [1.807, 2.05) is 42.5 Å². The Morgan fingerprint density at radius 3 is 2.37 bits per heavy atom. The van der Waals surface area contributed by atoms with E-state index in [1.54, 1.807) is 6.07 Å². The summed E-state index contributed by atoms with van der Waals surface area (Å²) in [6, 6.07) is 23.8. The van der Waals surface area contributed by atoms with Crippen molar-refractivity contribution in [2.24, 2.45) is 0 Å². The molecule has 27 heavy (non-hydrogen) atoms. The SMILES string of the molecule is Oc1ccccc1[C@H]1NC[C@@H](c2ccccc2Cl)c2c1[nH]c1ccccc21. The highest BCUT2D eigenvalue weighted by Crippen LogP contribution is 2.44. The molecule has 0 aliphatic carbocycles. The first-order chi connectivity index (χ1) is 13.2. The fourth-order valence-electron chi connectivity index (χ4n) is 4.25. The van der Waals surface area contributed by atoms with Crippen molar-refractivity contribution in [3.63, 3.8) is 0 Å². The van der Waals surface area contributed by atoms with Crippen LogP contribution >= 0.6 is 11.6 Å². The number of nitrogens with one attached hydrogen (secondary N) is 2. The fourth-order valence-corrected chi connectivity index (χ4v) is 4.52. The van der Waals surface area contributed by atoms with E-state index in [0.29, 0.717) is 5.75 Å². The Labute approximate surface area is 162 Å². The molecule has 5 rings (SSSR count). The second-order valence-corrected chi connectivity index (χ2v) is 7.38. The maximum atomic E-state index is 10.4. The Bertz CT molecular complexity index is 1130. The van der Waals surface area contributed by atoms with Crippen LogP contribution < -0.4 is 5.32 Å². The van der Waals surface area contributed by atoms with Gasteiger partial charge in [0.15, 0.2) is 0 Å². The number of benzene rings is 3. The molecule has 1 aliphatic heterocycles. The number of halogens is 1. The van der Waals surface area contributed by atoms with E-state index in [2.05, 4.69) is 34.6 Å². The number of aromatic hydroxyl groups is 1. The Hall–Kier alpha value is -2.75. The van der Waals surface area contributed by atoms with Crippen LogP contribution in [0.25, 0.3) is 10.9 Å². The van der Waals surface area contributed by atoms with Crippen LogP contribution in [0.1, 0.15) is 34.3 Å². The van der Waals surface area contributed by atoms with Gasteiger partial charge >= 0.3 is 0 Å². The first-order valence-corrected chi connectivity index (χ1v) is 9.48. The lowest BCUT2D eigenvalue weighted by molar-refractivity contribution is 0.448. The molecule has 4 heteroatoms. The minimum Gasteiger partial charge on any atom is -0.508 e. The summed E-state index contributed by atoms with van der Waals surface area (Å²) in [7, 11) is 0. The molecule has 0 radical (unpaired) electrons. The van der Waals surface area contributed by atoms with Crippen LogP contribution in [-0.2, 0) is 0 Å². The number of hydrogen-bond donors (Lipinski definition) is 3. The smallest absolute Gasteiger partial charge is 0.120 e. The first kappa shape index (κ1) is 16.4. The highest BCUT2D eigenvalue weighted by atomic mass is 35.5. The Balaban J connectivity index is 1.75. The monoisotopic (exact) mass is 374 g/mol. The largest absolute Gasteiger partial charge is 0.508 e. The van der Waals surface area contributed by atoms with Crippen molar-refractivity contribution in [3.8, 4) is 5.75 Å². The molecule has 0 bridgehead atoms. The van der Waals surface area contributed by atoms with Crippen molar-refractivity contribution in [1.82, 2.24) is 10.3 Å². The second-order valence-electron chi connectivity index (χ2n) is 6.97. The van der Waals surface area contributed by atoms with E-state index < -0.39 is 0 Å². The number of rotatable bonds is 2. The van der Waals surface area contributed by atoms with E-state index in [9.17, 15) is 5.11 Å². The fraction of sp³-hybridized carbons (Fsp3) is 0.130. The minimum atomic E-state index is -0.0904. The van der Waals surface area contributed by atoms with Gasteiger partial charge in [0, 0.05) is 39.6 Å². The van der Waals surface area contributed by atoms with E-state index in [-0.39, 0.29) is 12.0 Å².